The summed E-state index contributed by atoms with van der Waals surface area (Å²) in [5.74, 6) is -3.97. The van der Waals surface area contributed by atoms with Crippen molar-refractivity contribution in [2.45, 2.75) is 12.8 Å². The zero-order chi connectivity index (χ0) is 27.7. The Morgan fingerprint density at radius 3 is 2.49 bits per heavy atom. The highest BCUT2D eigenvalue weighted by Crippen LogP contribution is 2.36. The Kier molecular flexibility index (Phi) is 7.27. The molecule has 9 heteroatoms. The van der Waals surface area contributed by atoms with Crippen molar-refractivity contribution in [2.75, 3.05) is 32.9 Å². The van der Waals surface area contributed by atoms with Crippen LogP contribution in [0.1, 0.15) is 28.4 Å². The fraction of sp³-hybridized carbons (Fsp3) is 0.267. The Balaban J connectivity index is 1.45. The van der Waals surface area contributed by atoms with Crippen LogP contribution in [0.5, 0.6) is 11.5 Å². The molecule has 0 saturated carbocycles. The van der Waals surface area contributed by atoms with E-state index in [4.69, 9.17) is 4.74 Å². The van der Waals surface area contributed by atoms with E-state index in [0.717, 1.165) is 25.2 Å². The third-order valence-corrected chi connectivity index (χ3v) is 6.89. The molecule has 0 spiro atoms. The number of halogens is 4. The molecule has 4 aromatic rings. The molecule has 39 heavy (non-hydrogen) atoms. The van der Waals surface area contributed by atoms with Gasteiger partial charge >= 0.3 is 0 Å². The van der Waals surface area contributed by atoms with Gasteiger partial charge in [-0.3, -0.25) is 19.1 Å². The largest absolute Gasteiger partial charge is 0.508 e. The SMILES string of the molecule is CC(F)(F)c1ccc(-c2cnc3cc(O)ccc3c2C(=O)c2ccc(OCCN3CC(CF)C3)cc2)c(F)c1. The van der Waals surface area contributed by atoms with Crippen LogP contribution < -0.4 is 4.74 Å². The summed E-state index contributed by atoms with van der Waals surface area (Å²) in [6.45, 7) is 2.90. The third-order valence-electron chi connectivity index (χ3n) is 6.89. The van der Waals surface area contributed by atoms with Gasteiger partial charge in [-0.25, -0.2) is 13.2 Å². The van der Waals surface area contributed by atoms with Crippen LogP contribution in [0.15, 0.2) is 66.9 Å². The number of rotatable bonds is 9. The molecule has 0 amide bonds. The predicted molar refractivity (Wildman–Crippen MR) is 140 cm³/mol. The van der Waals surface area contributed by atoms with Gasteiger partial charge in [-0.1, -0.05) is 12.1 Å². The van der Waals surface area contributed by atoms with Gasteiger partial charge in [-0.2, -0.15) is 0 Å². The van der Waals surface area contributed by atoms with Crippen molar-refractivity contribution in [3.05, 3.63) is 89.4 Å². The minimum absolute atomic E-state index is 0.0465. The summed E-state index contributed by atoms with van der Waals surface area (Å²) < 4.78 is 61.0. The number of carbonyl (C=O) groups excluding carboxylic acids is 1. The van der Waals surface area contributed by atoms with Crippen LogP contribution in [0.25, 0.3) is 22.0 Å². The van der Waals surface area contributed by atoms with Gasteiger partial charge in [0.1, 0.15) is 23.9 Å². The molecular weight excluding hydrogens is 512 g/mol. The lowest BCUT2D eigenvalue weighted by Gasteiger charge is -2.37. The topological polar surface area (TPSA) is 62.7 Å². The first-order chi connectivity index (χ1) is 18.6. The van der Waals surface area contributed by atoms with Crippen LogP contribution in [0.2, 0.25) is 0 Å². The van der Waals surface area contributed by atoms with Crippen molar-refractivity contribution in [2.24, 2.45) is 5.92 Å². The van der Waals surface area contributed by atoms with E-state index in [1.807, 2.05) is 0 Å². The number of carbonyl (C=O) groups is 1. The molecule has 3 aromatic carbocycles. The molecule has 5 rings (SSSR count). The normalized spacial score (nSPS) is 14.4. The van der Waals surface area contributed by atoms with Crippen molar-refractivity contribution >= 4 is 16.7 Å². The Hall–Kier alpha value is -3.98. The Morgan fingerprint density at radius 2 is 1.82 bits per heavy atom. The van der Waals surface area contributed by atoms with Gasteiger partial charge in [0.2, 0.25) is 0 Å². The fourth-order valence-electron chi connectivity index (χ4n) is 4.73. The number of likely N-dealkylation sites (tertiary alicyclic amines) is 1. The van der Waals surface area contributed by atoms with Gasteiger partial charge in [-0.05, 0) is 42.5 Å². The van der Waals surface area contributed by atoms with E-state index in [1.54, 1.807) is 24.3 Å². The van der Waals surface area contributed by atoms with E-state index in [2.05, 4.69) is 9.88 Å². The smallest absolute Gasteiger partial charge is 0.270 e. The number of benzene rings is 3. The van der Waals surface area contributed by atoms with E-state index in [-0.39, 0.29) is 35.0 Å². The molecule has 0 unspecified atom stereocenters. The average Bonchev–Trinajstić information content (AvgIpc) is 2.88. The van der Waals surface area contributed by atoms with Crippen molar-refractivity contribution in [3.8, 4) is 22.6 Å². The number of ether oxygens (including phenoxy) is 1. The molecule has 202 valence electrons. The lowest BCUT2D eigenvalue weighted by Crippen LogP contribution is -2.49. The molecule has 1 aromatic heterocycles. The quantitative estimate of drug-likeness (QED) is 0.198. The summed E-state index contributed by atoms with van der Waals surface area (Å²) in [5.41, 5.74) is 0.360. The number of phenols is 1. The first kappa shape index (κ1) is 26.6. The lowest BCUT2D eigenvalue weighted by atomic mass is 9.91. The first-order valence-corrected chi connectivity index (χ1v) is 12.5. The molecule has 0 radical (unpaired) electrons. The number of pyridine rings is 1. The lowest BCUT2D eigenvalue weighted by molar-refractivity contribution is 0.0171. The molecule has 0 atom stereocenters. The van der Waals surface area contributed by atoms with Gasteiger partial charge in [0.15, 0.2) is 5.78 Å². The minimum atomic E-state index is -3.23. The van der Waals surface area contributed by atoms with Gasteiger partial charge in [0.05, 0.1) is 12.2 Å². The van der Waals surface area contributed by atoms with Crippen molar-refractivity contribution in [1.82, 2.24) is 9.88 Å². The number of aromatic hydroxyl groups is 1. The predicted octanol–water partition coefficient (Wildman–Crippen LogP) is 6.37. The highest BCUT2D eigenvalue weighted by molar-refractivity contribution is 6.19. The molecular formula is C30H26F4N2O3. The number of aromatic nitrogens is 1. The minimum Gasteiger partial charge on any atom is -0.508 e. The molecule has 2 heterocycles. The highest BCUT2D eigenvalue weighted by atomic mass is 19.3. The van der Waals surface area contributed by atoms with Crippen LogP contribution >= 0.6 is 0 Å². The summed E-state index contributed by atoms with van der Waals surface area (Å²) >= 11 is 0. The molecule has 5 nitrogen and oxygen atoms in total. The van der Waals surface area contributed by atoms with E-state index < -0.39 is 23.1 Å². The van der Waals surface area contributed by atoms with E-state index in [0.29, 0.717) is 42.3 Å². The zero-order valence-corrected chi connectivity index (χ0v) is 21.1. The highest BCUT2D eigenvalue weighted by Gasteiger charge is 2.28. The van der Waals surface area contributed by atoms with Crippen LogP contribution in [0.4, 0.5) is 17.6 Å². The number of nitrogens with zero attached hydrogens (tertiary/aromatic N) is 2. The maximum Gasteiger partial charge on any atom is 0.270 e. The second-order valence-corrected chi connectivity index (χ2v) is 9.81. The molecule has 1 fully saturated rings. The Bertz CT molecular complexity index is 1510. The summed E-state index contributed by atoms with van der Waals surface area (Å²) in [5, 5.41) is 10.3. The Morgan fingerprint density at radius 1 is 1.08 bits per heavy atom. The van der Waals surface area contributed by atoms with Crippen LogP contribution in [-0.2, 0) is 5.92 Å². The van der Waals surface area contributed by atoms with Crippen molar-refractivity contribution in [1.29, 1.82) is 0 Å². The van der Waals surface area contributed by atoms with Gasteiger partial charge < -0.3 is 9.84 Å². The summed E-state index contributed by atoms with van der Waals surface area (Å²) in [7, 11) is 0. The molecule has 0 bridgehead atoms. The van der Waals surface area contributed by atoms with E-state index >= 15 is 4.39 Å². The number of phenolic OH excluding ortho intramolecular Hbond substituents is 1. The van der Waals surface area contributed by atoms with E-state index in [9.17, 15) is 23.1 Å². The fourth-order valence-corrected chi connectivity index (χ4v) is 4.73. The number of fused-ring (bicyclic) bond motifs is 1. The van der Waals surface area contributed by atoms with Gasteiger partial charge in [0, 0.05) is 77.9 Å². The third kappa shape index (κ3) is 5.59. The molecule has 0 aliphatic carbocycles. The van der Waals surface area contributed by atoms with Crippen LogP contribution in [0, 0.1) is 11.7 Å². The summed E-state index contributed by atoms with van der Waals surface area (Å²) in [4.78, 5) is 20.2. The number of hydrogen-bond donors (Lipinski definition) is 1. The number of hydrogen-bond acceptors (Lipinski definition) is 5. The summed E-state index contributed by atoms with van der Waals surface area (Å²) in [6.07, 6.45) is 1.30. The molecule has 1 saturated heterocycles. The average molecular weight is 539 g/mol. The zero-order valence-electron chi connectivity index (χ0n) is 21.1. The summed E-state index contributed by atoms with van der Waals surface area (Å²) in [6, 6.07) is 13.9. The van der Waals surface area contributed by atoms with Crippen LogP contribution in [-0.4, -0.2) is 53.7 Å². The molecule has 1 aliphatic rings. The molecule has 1 N–H and O–H groups in total. The monoisotopic (exact) mass is 538 g/mol. The maximum atomic E-state index is 15.1. The first-order valence-electron chi connectivity index (χ1n) is 12.5. The van der Waals surface area contributed by atoms with Crippen molar-refractivity contribution in [3.63, 3.8) is 0 Å². The number of ketones is 1. The van der Waals surface area contributed by atoms with Gasteiger partial charge in [-0.15, -0.1) is 0 Å². The standard InChI is InChI=1S/C30H26F4N2O3/c1-30(33,34)20-4-8-23(26(32)12-20)25-15-35-27-13-21(37)5-9-24(27)28(25)29(38)19-2-6-22(7-3-19)39-11-10-36-16-18(14-31)17-36/h2-9,12-13,15,18,37H,10-11,14,16-17H2,1H3. The van der Waals surface area contributed by atoms with Crippen LogP contribution in [0.3, 0.4) is 0 Å². The van der Waals surface area contributed by atoms with Gasteiger partial charge in [0.25, 0.3) is 5.92 Å². The van der Waals surface area contributed by atoms with Crippen molar-refractivity contribution < 1.29 is 32.2 Å². The second-order valence-electron chi connectivity index (χ2n) is 9.81. The number of alkyl halides is 3. The second kappa shape index (κ2) is 10.6. The Labute approximate surface area is 222 Å². The maximum absolute atomic E-state index is 15.1. The molecule has 1 aliphatic heterocycles. The van der Waals surface area contributed by atoms with E-state index in [1.165, 1.54) is 30.5 Å².